The largest absolute Gasteiger partial charge is 0.344 e. The molecule has 0 aliphatic carbocycles. The van der Waals surface area contributed by atoms with Crippen LogP contribution in [0.5, 0.6) is 0 Å². The van der Waals surface area contributed by atoms with Crippen molar-refractivity contribution in [1.29, 1.82) is 0 Å². The molecule has 1 N–H and O–H groups in total. The molecule has 5 heteroatoms. The van der Waals surface area contributed by atoms with Crippen LogP contribution in [0.2, 0.25) is 0 Å². The van der Waals surface area contributed by atoms with E-state index in [2.05, 4.69) is 41.4 Å². The lowest BCUT2D eigenvalue weighted by molar-refractivity contribution is -0.137. The van der Waals surface area contributed by atoms with Crippen molar-refractivity contribution in [3.63, 3.8) is 0 Å². The van der Waals surface area contributed by atoms with Crippen molar-refractivity contribution in [2.75, 3.05) is 19.6 Å². The Bertz CT molecular complexity index is 546. The van der Waals surface area contributed by atoms with E-state index in [9.17, 15) is 9.59 Å². The third-order valence-corrected chi connectivity index (χ3v) is 4.60. The first kappa shape index (κ1) is 15.0. The monoisotopic (exact) mass is 301 g/mol. The molecular formula is C17H23N3O2. The predicted molar refractivity (Wildman–Crippen MR) is 84.1 cm³/mol. The maximum Gasteiger partial charge on any atom is 0.245 e. The van der Waals surface area contributed by atoms with Gasteiger partial charge in [0.05, 0.1) is 0 Å². The summed E-state index contributed by atoms with van der Waals surface area (Å²) in [5, 5.41) is 2.77. The van der Waals surface area contributed by atoms with Gasteiger partial charge in [0.15, 0.2) is 0 Å². The SMILES string of the molecule is C[C@H]1CN(C(=O)[C@@H]2CCC(=O)N2)CCN1Cc1ccccc1. The highest BCUT2D eigenvalue weighted by Crippen LogP contribution is 2.17. The summed E-state index contributed by atoms with van der Waals surface area (Å²) in [6.07, 6.45) is 1.11. The predicted octanol–water partition coefficient (Wildman–Crippen LogP) is 0.998. The number of rotatable bonds is 3. The third kappa shape index (κ3) is 3.30. The van der Waals surface area contributed by atoms with Gasteiger partial charge in [-0.2, -0.15) is 0 Å². The number of carbonyl (C=O) groups excluding carboxylic acids is 2. The molecule has 0 bridgehead atoms. The molecule has 0 spiro atoms. The molecule has 2 saturated heterocycles. The van der Waals surface area contributed by atoms with Gasteiger partial charge in [-0.1, -0.05) is 30.3 Å². The van der Waals surface area contributed by atoms with Crippen molar-refractivity contribution < 1.29 is 9.59 Å². The zero-order chi connectivity index (χ0) is 15.5. The van der Waals surface area contributed by atoms with E-state index in [1.807, 2.05) is 11.0 Å². The molecule has 2 aliphatic rings. The Balaban J connectivity index is 1.55. The number of benzene rings is 1. The molecule has 5 nitrogen and oxygen atoms in total. The van der Waals surface area contributed by atoms with E-state index in [4.69, 9.17) is 0 Å². The first-order chi connectivity index (χ1) is 10.6. The smallest absolute Gasteiger partial charge is 0.245 e. The number of hydrogen-bond donors (Lipinski definition) is 1. The lowest BCUT2D eigenvalue weighted by Gasteiger charge is -2.40. The van der Waals surface area contributed by atoms with E-state index in [1.54, 1.807) is 0 Å². The van der Waals surface area contributed by atoms with Crippen LogP contribution in [-0.2, 0) is 16.1 Å². The van der Waals surface area contributed by atoms with Gasteiger partial charge in [-0.25, -0.2) is 0 Å². The summed E-state index contributed by atoms with van der Waals surface area (Å²) in [4.78, 5) is 28.0. The van der Waals surface area contributed by atoms with Gasteiger partial charge in [0.2, 0.25) is 11.8 Å². The van der Waals surface area contributed by atoms with Crippen molar-refractivity contribution >= 4 is 11.8 Å². The number of piperazine rings is 1. The highest BCUT2D eigenvalue weighted by atomic mass is 16.2. The van der Waals surface area contributed by atoms with E-state index in [1.165, 1.54) is 5.56 Å². The van der Waals surface area contributed by atoms with Crippen LogP contribution in [0, 0.1) is 0 Å². The maximum atomic E-state index is 12.4. The summed E-state index contributed by atoms with van der Waals surface area (Å²) in [6, 6.07) is 10.4. The topological polar surface area (TPSA) is 52.7 Å². The fourth-order valence-corrected chi connectivity index (χ4v) is 3.27. The Labute approximate surface area is 131 Å². The van der Waals surface area contributed by atoms with Crippen LogP contribution in [0.15, 0.2) is 30.3 Å². The average molecular weight is 301 g/mol. The molecule has 3 rings (SSSR count). The Kier molecular flexibility index (Phi) is 4.43. The van der Waals surface area contributed by atoms with Gasteiger partial charge < -0.3 is 10.2 Å². The standard InChI is InChI=1S/C17H23N3O2/c1-13-11-20(17(22)15-7-8-16(21)18-15)10-9-19(13)12-14-5-3-2-4-6-14/h2-6,13,15H,7-12H2,1H3,(H,18,21)/t13-,15-/m0/s1. The van der Waals surface area contributed by atoms with Gasteiger partial charge in [0.1, 0.15) is 6.04 Å². The fourth-order valence-electron chi connectivity index (χ4n) is 3.27. The molecular weight excluding hydrogens is 278 g/mol. The quantitative estimate of drug-likeness (QED) is 0.906. The number of carbonyl (C=O) groups is 2. The molecule has 118 valence electrons. The molecule has 2 aliphatic heterocycles. The van der Waals surface area contributed by atoms with Crippen molar-refractivity contribution in [2.24, 2.45) is 0 Å². The van der Waals surface area contributed by atoms with E-state index in [0.717, 1.165) is 26.2 Å². The summed E-state index contributed by atoms with van der Waals surface area (Å²) in [5.74, 6) is 0.0752. The zero-order valence-corrected chi connectivity index (χ0v) is 13.0. The number of hydrogen-bond acceptors (Lipinski definition) is 3. The minimum atomic E-state index is -0.305. The highest BCUT2D eigenvalue weighted by molar-refractivity contribution is 5.90. The third-order valence-electron chi connectivity index (χ3n) is 4.60. The summed E-state index contributed by atoms with van der Waals surface area (Å²) >= 11 is 0. The van der Waals surface area contributed by atoms with Crippen molar-refractivity contribution in [2.45, 2.75) is 38.4 Å². The first-order valence-electron chi connectivity index (χ1n) is 7.99. The molecule has 2 heterocycles. The fraction of sp³-hybridized carbons (Fsp3) is 0.529. The van der Waals surface area contributed by atoms with E-state index < -0.39 is 0 Å². The molecule has 0 unspecified atom stereocenters. The minimum absolute atomic E-state index is 0.00545. The second-order valence-corrected chi connectivity index (χ2v) is 6.25. The van der Waals surface area contributed by atoms with Crippen LogP contribution in [0.1, 0.15) is 25.3 Å². The van der Waals surface area contributed by atoms with Gasteiger partial charge in [-0.15, -0.1) is 0 Å². The van der Waals surface area contributed by atoms with Crippen LogP contribution in [0.4, 0.5) is 0 Å². The second-order valence-electron chi connectivity index (χ2n) is 6.25. The molecule has 0 saturated carbocycles. The number of nitrogens with zero attached hydrogens (tertiary/aromatic N) is 2. The molecule has 2 atom stereocenters. The number of amides is 2. The van der Waals surface area contributed by atoms with Crippen LogP contribution >= 0.6 is 0 Å². The Morgan fingerprint density at radius 1 is 1.27 bits per heavy atom. The Morgan fingerprint density at radius 2 is 2.05 bits per heavy atom. The summed E-state index contributed by atoms with van der Waals surface area (Å²) < 4.78 is 0. The summed E-state index contributed by atoms with van der Waals surface area (Å²) in [7, 11) is 0. The van der Waals surface area contributed by atoms with E-state index >= 15 is 0 Å². The molecule has 1 aromatic rings. The Morgan fingerprint density at radius 3 is 2.68 bits per heavy atom. The molecule has 22 heavy (non-hydrogen) atoms. The molecule has 2 amide bonds. The summed E-state index contributed by atoms with van der Waals surface area (Å²) in [6.45, 7) is 5.43. The van der Waals surface area contributed by atoms with Gasteiger partial charge in [-0.3, -0.25) is 14.5 Å². The van der Waals surface area contributed by atoms with Crippen LogP contribution < -0.4 is 5.32 Å². The highest BCUT2D eigenvalue weighted by Gasteiger charge is 2.34. The van der Waals surface area contributed by atoms with Crippen LogP contribution in [0.25, 0.3) is 0 Å². The minimum Gasteiger partial charge on any atom is -0.344 e. The second kappa shape index (κ2) is 6.48. The summed E-state index contributed by atoms with van der Waals surface area (Å²) in [5.41, 5.74) is 1.30. The lowest BCUT2D eigenvalue weighted by atomic mass is 10.1. The normalized spacial score (nSPS) is 26.0. The molecule has 2 fully saturated rings. The zero-order valence-electron chi connectivity index (χ0n) is 13.0. The lowest BCUT2D eigenvalue weighted by Crippen LogP contribution is -2.56. The van der Waals surface area contributed by atoms with Gasteiger partial charge in [-0.05, 0) is 18.9 Å². The molecule has 1 aromatic carbocycles. The van der Waals surface area contributed by atoms with Crippen molar-refractivity contribution in [1.82, 2.24) is 15.1 Å². The maximum absolute atomic E-state index is 12.4. The van der Waals surface area contributed by atoms with Crippen LogP contribution in [0.3, 0.4) is 0 Å². The van der Waals surface area contributed by atoms with E-state index in [-0.39, 0.29) is 17.9 Å². The van der Waals surface area contributed by atoms with E-state index in [0.29, 0.717) is 18.9 Å². The van der Waals surface area contributed by atoms with Gasteiger partial charge in [0.25, 0.3) is 0 Å². The number of nitrogens with one attached hydrogen (secondary N) is 1. The van der Waals surface area contributed by atoms with Crippen molar-refractivity contribution in [3.05, 3.63) is 35.9 Å². The van der Waals surface area contributed by atoms with Gasteiger partial charge >= 0.3 is 0 Å². The molecule has 0 aromatic heterocycles. The average Bonchev–Trinajstić information content (AvgIpc) is 2.96. The molecule has 0 radical (unpaired) electrons. The van der Waals surface area contributed by atoms with Crippen molar-refractivity contribution in [3.8, 4) is 0 Å². The Hall–Kier alpha value is -1.88. The first-order valence-corrected chi connectivity index (χ1v) is 7.99. The van der Waals surface area contributed by atoms with Crippen LogP contribution in [-0.4, -0.2) is 53.3 Å². The van der Waals surface area contributed by atoms with Gasteiger partial charge in [0, 0.05) is 38.6 Å².